The molecule has 7 heteroatoms. The maximum absolute atomic E-state index is 11.8. The summed E-state index contributed by atoms with van der Waals surface area (Å²) in [5.74, 6) is 0.335. The summed E-state index contributed by atoms with van der Waals surface area (Å²) in [6.07, 6.45) is 1.38. The molecule has 0 saturated heterocycles. The number of nitrogens with zero attached hydrogens (tertiary/aromatic N) is 2. The molecule has 0 atom stereocenters. The van der Waals surface area contributed by atoms with Gasteiger partial charge in [0.05, 0.1) is 24.2 Å². The van der Waals surface area contributed by atoms with Crippen molar-refractivity contribution in [2.45, 2.75) is 13.3 Å². The van der Waals surface area contributed by atoms with Gasteiger partial charge < -0.3 is 4.74 Å². The highest BCUT2D eigenvalue weighted by molar-refractivity contribution is 5.83. The third-order valence-corrected chi connectivity index (χ3v) is 3.13. The third kappa shape index (κ3) is 4.91. The van der Waals surface area contributed by atoms with Crippen LogP contribution in [0.2, 0.25) is 0 Å². The Bertz CT molecular complexity index is 742. The zero-order chi connectivity index (χ0) is 17.4. The number of nitro groups is 1. The molecule has 1 N–H and O–H groups in total. The second kappa shape index (κ2) is 8.42. The van der Waals surface area contributed by atoms with E-state index in [2.05, 4.69) is 10.5 Å². The summed E-state index contributed by atoms with van der Waals surface area (Å²) in [6.45, 7) is 2.50. The molecule has 1 amide bonds. The van der Waals surface area contributed by atoms with Crippen LogP contribution in [0, 0.1) is 10.1 Å². The SMILES string of the molecule is CCOc1ccc(/C=N/NC(=O)Cc2ccccc2[N+](=O)[O-])cc1. The first-order valence-electron chi connectivity index (χ1n) is 7.37. The van der Waals surface area contributed by atoms with Gasteiger partial charge in [-0.15, -0.1) is 0 Å². The molecule has 0 fully saturated rings. The fraction of sp³-hybridized carbons (Fsp3) is 0.176. The average Bonchev–Trinajstić information content (AvgIpc) is 2.57. The number of nitro benzene ring substituents is 1. The molecule has 0 bridgehead atoms. The Morgan fingerprint density at radius 1 is 1.25 bits per heavy atom. The van der Waals surface area contributed by atoms with E-state index in [9.17, 15) is 14.9 Å². The fourth-order valence-electron chi connectivity index (χ4n) is 2.05. The molecule has 0 aliphatic rings. The monoisotopic (exact) mass is 327 g/mol. The lowest BCUT2D eigenvalue weighted by molar-refractivity contribution is -0.385. The molecule has 2 rings (SSSR count). The predicted octanol–water partition coefficient (Wildman–Crippen LogP) is 2.69. The Morgan fingerprint density at radius 3 is 2.62 bits per heavy atom. The lowest BCUT2D eigenvalue weighted by Gasteiger charge is -2.03. The van der Waals surface area contributed by atoms with E-state index in [1.54, 1.807) is 30.3 Å². The van der Waals surface area contributed by atoms with Gasteiger partial charge in [0, 0.05) is 11.6 Å². The summed E-state index contributed by atoms with van der Waals surface area (Å²) in [6, 6.07) is 13.4. The number of amides is 1. The normalized spacial score (nSPS) is 10.5. The van der Waals surface area contributed by atoms with Crippen LogP contribution < -0.4 is 10.2 Å². The molecule has 0 radical (unpaired) electrons. The van der Waals surface area contributed by atoms with Crippen LogP contribution in [0.4, 0.5) is 5.69 Å². The van der Waals surface area contributed by atoms with Crippen molar-refractivity contribution in [2.24, 2.45) is 5.10 Å². The Hall–Kier alpha value is -3.22. The van der Waals surface area contributed by atoms with Crippen molar-refractivity contribution in [1.82, 2.24) is 5.43 Å². The second-order valence-corrected chi connectivity index (χ2v) is 4.86. The standard InChI is InChI=1S/C17H17N3O4/c1-2-24-15-9-7-13(8-10-15)12-18-19-17(21)11-14-5-3-4-6-16(14)20(22)23/h3-10,12H,2,11H2,1H3,(H,19,21)/b18-12+. The number of hydrogen-bond acceptors (Lipinski definition) is 5. The van der Waals surface area contributed by atoms with Crippen molar-refractivity contribution in [3.05, 3.63) is 69.8 Å². The Labute approximate surface area is 139 Å². The van der Waals surface area contributed by atoms with Gasteiger partial charge in [-0.25, -0.2) is 5.43 Å². The first kappa shape index (κ1) is 17.1. The first-order valence-corrected chi connectivity index (χ1v) is 7.37. The van der Waals surface area contributed by atoms with Crippen LogP contribution >= 0.6 is 0 Å². The van der Waals surface area contributed by atoms with Gasteiger partial charge in [-0.3, -0.25) is 14.9 Å². The molecule has 124 valence electrons. The highest BCUT2D eigenvalue weighted by atomic mass is 16.6. The van der Waals surface area contributed by atoms with Crippen LogP contribution in [0.3, 0.4) is 0 Å². The van der Waals surface area contributed by atoms with E-state index >= 15 is 0 Å². The lowest BCUT2D eigenvalue weighted by Crippen LogP contribution is -2.20. The zero-order valence-corrected chi connectivity index (χ0v) is 13.1. The van der Waals surface area contributed by atoms with Crippen molar-refractivity contribution in [3.63, 3.8) is 0 Å². The molecule has 2 aromatic carbocycles. The van der Waals surface area contributed by atoms with Crippen molar-refractivity contribution in [3.8, 4) is 5.75 Å². The molecule has 0 aromatic heterocycles. The number of rotatable bonds is 7. The predicted molar refractivity (Wildman–Crippen MR) is 90.1 cm³/mol. The van der Waals surface area contributed by atoms with E-state index in [4.69, 9.17) is 4.74 Å². The van der Waals surface area contributed by atoms with Crippen LogP contribution in [0.15, 0.2) is 53.6 Å². The highest BCUT2D eigenvalue weighted by Gasteiger charge is 2.14. The van der Waals surface area contributed by atoms with Crippen LogP contribution in [0.25, 0.3) is 0 Å². The summed E-state index contributed by atoms with van der Waals surface area (Å²) in [5.41, 5.74) is 3.42. The maximum Gasteiger partial charge on any atom is 0.273 e. The van der Waals surface area contributed by atoms with Gasteiger partial charge in [0.25, 0.3) is 5.69 Å². The fourth-order valence-corrected chi connectivity index (χ4v) is 2.05. The van der Waals surface area contributed by atoms with Crippen LogP contribution in [0.1, 0.15) is 18.1 Å². The van der Waals surface area contributed by atoms with Crippen LogP contribution in [0.5, 0.6) is 5.75 Å². The maximum atomic E-state index is 11.8. The van der Waals surface area contributed by atoms with Gasteiger partial charge in [-0.1, -0.05) is 18.2 Å². The molecule has 24 heavy (non-hydrogen) atoms. The number of carbonyl (C=O) groups is 1. The zero-order valence-electron chi connectivity index (χ0n) is 13.1. The molecule has 2 aromatic rings. The molecule has 0 spiro atoms. The summed E-state index contributed by atoms with van der Waals surface area (Å²) < 4.78 is 5.33. The number of hydrazone groups is 1. The quantitative estimate of drug-likeness (QED) is 0.480. The molecule has 0 unspecified atom stereocenters. The highest BCUT2D eigenvalue weighted by Crippen LogP contribution is 2.17. The summed E-state index contributed by atoms with van der Waals surface area (Å²) in [7, 11) is 0. The van der Waals surface area contributed by atoms with E-state index in [0.29, 0.717) is 12.2 Å². The Morgan fingerprint density at radius 2 is 1.96 bits per heavy atom. The minimum Gasteiger partial charge on any atom is -0.494 e. The van der Waals surface area contributed by atoms with Crippen LogP contribution in [-0.4, -0.2) is 23.7 Å². The van der Waals surface area contributed by atoms with E-state index in [1.807, 2.05) is 19.1 Å². The van der Waals surface area contributed by atoms with Gasteiger partial charge in [0.1, 0.15) is 5.75 Å². The number of ether oxygens (including phenoxy) is 1. The molecule has 0 heterocycles. The van der Waals surface area contributed by atoms with Gasteiger partial charge in [0.15, 0.2) is 0 Å². The molecule has 0 aliphatic carbocycles. The van der Waals surface area contributed by atoms with Gasteiger partial charge >= 0.3 is 0 Å². The number of hydrogen-bond donors (Lipinski definition) is 1. The van der Waals surface area contributed by atoms with E-state index in [-0.39, 0.29) is 12.1 Å². The molecule has 0 aliphatic heterocycles. The minimum atomic E-state index is -0.508. The van der Waals surface area contributed by atoms with Gasteiger partial charge in [-0.2, -0.15) is 5.10 Å². The van der Waals surface area contributed by atoms with E-state index in [1.165, 1.54) is 12.3 Å². The van der Waals surface area contributed by atoms with Crippen molar-refractivity contribution < 1.29 is 14.5 Å². The van der Waals surface area contributed by atoms with Crippen molar-refractivity contribution in [1.29, 1.82) is 0 Å². The smallest absolute Gasteiger partial charge is 0.273 e. The van der Waals surface area contributed by atoms with Gasteiger partial charge in [-0.05, 0) is 36.8 Å². The van der Waals surface area contributed by atoms with Crippen molar-refractivity contribution >= 4 is 17.8 Å². The molecular weight excluding hydrogens is 310 g/mol. The number of nitrogens with one attached hydrogen (secondary N) is 1. The summed E-state index contributed by atoms with van der Waals surface area (Å²) in [5, 5.41) is 14.8. The molecule has 0 saturated carbocycles. The lowest BCUT2D eigenvalue weighted by atomic mass is 10.1. The molecular formula is C17H17N3O4. The Balaban J connectivity index is 1.92. The second-order valence-electron chi connectivity index (χ2n) is 4.86. The van der Waals surface area contributed by atoms with E-state index in [0.717, 1.165) is 11.3 Å². The van der Waals surface area contributed by atoms with Crippen molar-refractivity contribution in [2.75, 3.05) is 6.61 Å². The number of carbonyl (C=O) groups excluding carboxylic acids is 1. The number of para-hydroxylation sites is 1. The topological polar surface area (TPSA) is 93.8 Å². The average molecular weight is 327 g/mol. The summed E-state index contributed by atoms with van der Waals surface area (Å²) in [4.78, 5) is 22.3. The number of benzene rings is 2. The van der Waals surface area contributed by atoms with Gasteiger partial charge in [0.2, 0.25) is 5.91 Å². The first-order chi connectivity index (χ1) is 11.6. The molecule has 7 nitrogen and oxygen atoms in total. The Kier molecular flexibility index (Phi) is 6.01. The van der Waals surface area contributed by atoms with E-state index < -0.39 is 10.8 Å². The minimum absolute atomic E-state index is 0.0804. The third-order valence-electron chi connectivity index (χ3n) is 3.13. The van der Waals surface area contributed by atoms with Crippen LogP contribution in [-0.2, 0) is 11.2 Å². The summed E-state index contributed by atoms with van der Waals surface area (Å²) >= 11 is 0. The largest absolute Gasteiger partial charge is 0.494 e.